The molecule has 3 aromatic rings. The Balaban J connectivity index is 1.84. The number of fused-ring (bicyclic) bond motifs is 1. The van der Waals surface area contributed by atoms with Crippen LogP contribution in [0.4, 0.5) is 0 Å². The molecule has 0 radical (unpaired) electrons. The van der Waals surface area contributed by atoms with E-state index in [-0.39, 0.29) is 12.3 Å². The maximum absolute atomic E-state index is 12.3. The normalized spacial score (nSPS) is 10.9. The number of aromatic amines is 1. The van der Waals surface area contributed by atoms with E-state index in [9.17, 15) is 9.59 Å². The van der Waals surface area contributed by atoms with E-state index >= 15 is 0 Å². The maximum atomic E-state index is 12.3. The summed E-state index contributed by atoms with van der Waals surface area (Å²) in [6.45, 7) is 0.271. The van der Waals surface area contributed by atoms with E-state index in [1.807, 2.05) is 30.3 Å². The molecule has 0 aliphatic heterocycles. The quantitative estimate of drug-likeness (QED) is 0.794. The van der Waals surface area contributed by atoms with E-state index in [2.05, 4.69) is 4.98 Å². The Morgan fingerprint density at radius 3 is 2.48 bits per heavy atom. The van der Waals surface area contributed by atoms with Crippen LogP contribution >= 0.6 is 0 Å². The number of aromatic nitrogens is 2. The van der Waals surface area contributed by atoms with Crippen LogP contribution in [-0.2, 0) is 18.1 Å². The summed E-state index contributed by atoms with van der Waals surface area (Å²) in [5.74, 6) is 0. The summed E-state index contributed by atoms with van der Waals surface area (Å²) in [7, 11) is 0. The molecule has 2 aromatic carbocycles. The molecule has 5 nitrogen and oxygen atoms in total. The number of H-pyrrole nitrogens is 1. The predicted octanol–water partition coefficient (Wildman–Crippen LogP) is 1.86. The van der Waals surface area contributed by atoms with Gasteiger partial charge in [-0.3, -0.25) is 4.79 Å². The molecule has 0 aliphatic carbocycles. The van der Waals surface area contributed by atoms with E-state index in [4.69, 9.17) is 4.74 Å². The lowest BCUT2D eigenvalue weighted by Crippen LogP contribution is -2.35. The van der Waals surface area contributed by atoms with Crippen molar-refractivity contribution in [3.63, 3.8) is 0 Å². The van der Waals surface area contributed by atoms with Crippen molar-refractivity contribution in [3.8, 4) is 0 Å². The highest BCUT2D eigenvalue weighted by Crippen LogP contribution is 2.04. The number of hydrogen-bond acceptors (Lipinski definition) is 3. The van der Waals surface area contributed by atoms with Crippen LogP contribution in [0.1, 0.15) is 5.56 Å². The number of rotatable bonds is 4. The SMILES string of the molecule is O=c1[nH]c2ccccc2c(=O)n1COCc1ccccc1. The van der Waals surface area contributed by atoms with Crippen molar-refractivity contribution in [1.82, 2.24) is 9.55 Å². The Labute approximate surface area is 120 Å². The Morgan fingerprint density at radius 1 is 0.952 bits per heavy atom. The van der Waals surface area contributed by atoms with Crippen LogP contribution in [0.2, 0.25) is 0 Å². The number of para-hydroxylation sites is 1. The largest absolute Gasteiger partial charge is 0.356 e. The Bertz CT molecular complexity index is 866. The average Bonchev–Trinajstić information content (AvgIpc) is 2.51. The zero-order valence-corrected chi connectivity index (χ0v) is 11.3. The van der Waals surface area contributed by atoms with Crippen molar-refractivity contribution >= 4 is 10.9 Å². The van der Waals surface area contributed by atoms with E-state index in [1.165, 1.54) is 0 Å². The standard InChI is InChI=1S/C16H14N2O3/c19-15-13-8-4-5-9-14(13)17-16(20)18(15)11-21-10-12-6-2-1-3-7-12/h1-9H,10-11H2,(H,17,20). The van der Waals surface area contributed by atoms with Crippen molar-refractivity contribution in [2.24, 2.45) is 0 Å². The van der Waals surface area contributed by atoms with Gasteiger partial charge in [0.15, 0.2) is 0 Å². The summed E-state index contributed by atoms with van der Waals surface area (Å²) in [6, 6.07) is 16.5. The van der Waals surface area contributed by atoms with Crippen molar-refractivity contribution in [2.75, 3.05) is 0 Å². The molecular formula is C16H14N2O3. The summed E-state index contributed by atoms with van der Waals surface area (Å²) < 4.78 is 6.52. The number of hydrogen-bond donors (Lipinski definition) is 1. The van der Waals surface area contributed by atoms with Crippen molar-refractivity contribution in [2.45, 2.75) is 13.3 Å². The van der Waals surface area contributed by atoms with Gasteiger partial charge in [-0.2, -0.15) is 0 Å². The molecule has 0 unspecified atom stereocenters. The molecule has 21 heavy (non-hydrogen) atoms. The maximum Gasteiger partial charge on any atom is 0.330 e. The van der Waals surface area contributed by atoms with Crippen LogP contribution in [0.3, 0.4) is 0 Å². The highest BCUT2D eigenvalue weighted by molar-refractivity contribution is 5.76. The van der Waals surface area contributed by atoms with E-state index in [1.54, 1.807) is 24.3 Å². The molecule has 0 amide bonds. The van der Waals surface area contributed by atoms with Crippen LogP contribution in [0, 0.1) is 0 Å². The highest BCUT2D eigenvalue weighted by Gasteiger charge is 2.06. The Hall–Kier alpha value is -2.66. The third kappa shape index (κ3) is 2.78. The highest BCUT2D eigenvalue weighted by atomic mass is 16.5. The zero-order valence-electron chi connectivity index (χ0n) is 11.3. The molecule has 0 bridgehead atoms. The van der Waals surface area contributed by atoms with Gasteiger partial charge < -0.3 is 9.72 Å². The minimum absolute atomic E-state index is 0.0755. The monoisotopic (exact) mass is 282 g/mol. The van der Waals surface area contributed by atoms with Gasteiger partial charge in [0.25, 0.3) is 5.56 Å². The molecule has 1 aromatic heterocycles. The molecule has 0 saturated carbocycles. The summed E-state index contributed by atoms with van der Waals surface area (Å²) >= 11 is 0. The molecule has 1 heterocycles. The lowest BCUT2D eigenvalue weighted by molar-refractivity contribution is 0.0593. The molecular weight excluding hydrogens is 268 g/mol. The fraction of sp³-hybridized carbons (Fsp3) is 0.125. The molecule has 0 saturated heterocycles. The molecule has 1 N–H and O–H groups in total. The number of benzene rings is 2. The van der Waals surface area contributed by atoms with Gasteiger partial charge in [-0.25, -0.2) is 9.36 Å². The van der Waals surface area contributed by atoms with Gasteiger partial charge in [0.2, 0.25) is 0 Å². The predicted molar refractivity (Wildman–Crippen MR) is 80.1 cm³/mol. The molecule has 106 valence electrons. The van der Waals surface area contributed by atoms with Crippen LogP contribution in [0.25, 0.3) is 10.9 Å². The minimum atomic E-state index is -0.466. The third-order valence-corrected chi connectivity index (χ3v) is 3.22. The van der Waals surface area contributed by atoms with Crippen molar-refractivity contribution < 1.29 is 4.74 Å². The first-order chi connectivity index (χ1) is 10.3. The van der Waals surface area contributed by atoms with Crippen LogP contribution in [0.5, 0.6) is 0 Å². The van der Waals surface area contributed by atoms with Gasteiger partial charge in [-0.1, -0.05) is 42.5 Å². The second-order valence-electron chi connectivity index (χ2n) is 4.67. The van der Waals surface area contributed by atoms with E-state index in [0.717, 1.165) is 10.1 Å². The van der Waals surface area contributed by atoms with Gasteiger partial charge in [-0.15, -0.1) is 0 Å². The average molecular weight is 282 g/mol. The van der Waals surface area contributed by atoms with Gasteiger partial charge in [0, 0.05) is 0 Å². The molecule has 5 heteroatoms. The van der Waals surface area contributed by atoms with Crippen LogP contribution < -0.4 is 11.2 Å². The van der Waals surface area contributed by atoms with Gasteiger partial charge >= 0.3 is 5.69 Å². The molecule has 3 rings (SSSR count). The summed E-state index contributed by atoms with van der Waals surface area (Å²) in [4.78, 5) is 26.9. The van der Waals surface area contributed by atoms with Crippen LogP contribution in [-0.4, -0.2) is 9.55 Å². The summed E-state index contributed by atoms with van der Waals surface area (Å²) in [5, 5.41) is 0.473. The zero-order chi connectivity index (χ0) is 14.7. The molecule has 0 fully saturated rings. The Kier molecular flexibility index (Phi) is 3.66. The Morgan fingerprint density at radius 2 is 1.67 bits per heavy atom. The van der Waals surface area contributed by atoms with Crippen LogP contribution in [0.15, 0.2) is 64.2 Å². The number of nitrogens with zero attached hydrogens (tertiary/aromatic N) is 1. The topological polar surface area (TPSA) is 64.1 Å². The first kappa shape index (κ1) is 13.3. The first-order valence-corrected chi connectivity index (χ1v) is 6.59. The fourth-order valence-electron chi connectivity index (χ4n) is 2.15. The van der Waals surface area contributed by atoms with E-state index in [0.29, 0.717) is 17.5 Å². The minimum Gasteiger partial charge on any atom is -0.356 e. The lowest BCUT2D eigenvalue weighted by Gasteiger charge is -2.07. The number of nitrogens with one attached hydrogen (secondary N) is 1. The van der Waals surface area contributed by atoms with Gasteiger partial charge in [0.05, 0.1) is 17.5 Å². The summed E-state index contributed by atoms with van der Waals surface area (Å²) in [6.07, 6.45) is 0. The molecule has 0 aliphatic rings. The van der Waals surface area contributed by atoms with Gasteiger partial charge in [-0.05, 0) is 17.7 Å². The summed E-state index contributed by atoms with van der Waals surface area (Å²) in [5.41, 5.74) is 0.712. The van der Waals surface area contributed by atoms with E-state index < -0.39 is 5.69 Å². The third-order valence-electron chi connectivity index (χ3n) is 3.22. The lowest BCUT2D eigenvalue weighted by atomic mass is 10.2. The second-order valence-corrected chi connectivity index (χ2v) is 4.67. The molecule has 0 atom stereocenters. The fourth-order valence-corrected chi connectivity index (χ4v) is 2.15. The van der Waals surface area contributed by atoms with Gasteiger partial charge in [0.1, 0.15) is 6.73 Å². The van der Waals surface area contributed by atoms with Crippen molar-refractivity contribution in [1.29, 1.82) is 0 Å². The number of ether oxygens (including phenoxy) is 1. The molecule has 0 spiro atoms. The first-order valence-electron chi connectivity index (χ1n) is 6.59. The smallest absolute Gasteiger partial charge is 0.330 e. The second kappa shape index (κ2) is 5.76. The van der Waals surface area contributed by atoms with Crippen molar-refractivity contribution in [3.05, 3.63) is 81.0 Å².